The number of nitrogens with zero attached hydrogens (tertiary/aromatic N) is 2. The van der Waals surface area contributed by atoms with Crippen LogP contribution in [0.4, 0.5) is 0 Å². The first-order chi connectivity index (χ1) is 7.75. The molecule has 0 amide bonds. The van der Waals surface area contributed by atoms with Gasteiger partial charge in [-0.1, -0.05) is 24.6 Å². The molecule has 5 heteroatoms. The number of imidazole rings is 1. The van der Waals surface area contributed by atoms with Gasteiger partial charge in [0.15, 0.2) is 5.16 Å². The molecule has 1 N–H and O–H groups in total. The van der Waals surface area contributed by atoms with Crippen molar-refractivity contribution in [3.8, 4) is 0 Å². The van der Waals surface area contributed by atoms with E-state index in [4.69, 9.17) is 5.11 Å². The van der Waals surface area contributed by atoms with Gasteiger partial charge in [0.05, 0.1) is 5.75 Å². The second-order valence-corrected chi connectivity index (χ2v) is 5.11. The first-order valence-corrected chi connectivity index (χ1v) is 6.60. The Labute approximate surface area is 99.1 Å². The average molecular weight is 240 g/mol. The van der Waals surface area contributed by atoms with Crippen molar-refractivity contribution in [2.45, 2.75) is 37.4 Å². The third kappa shape index (κ3) is 3.56. The van der Waals surface area contributed by atoms with E-state index < -0.39 is 5.97 Å². The monoisotopic (exact) mass is 240 g/mol. The summed E-state index contributed by atoms with van der Waals surface area (Å²) in [5.74, 6) is 0.246. The van der Waals surface area contributed by atoms with Crippen LogP contribution in [0.1, 0.15) is 25.7 Å². The standard InChI is InChI=1S/C11H16N2O2S/c14-10(15)8-16-11-12-5-7-13(11)6-1-2-9-3-4-9/h5,7,9H,1-4,6,8H2,(H,14,15). The first-order valence-electron chi connectivity index (χ1n) is 5.61. The van der Waals surface area contributed by atoms with Crippen molar-refractivity contribution in [3.05, 3.63) is 12.4 Å². The zero-order valence-electron chi connectivity index (χ0n) is 9.13. The third-order valence-corrected chi connectivity index (χ3v) is 3.70. The molecule has 1 aromatic heterocycles. The summed E-state index contributed by atoms with van der Waals surface area (Å²) in [7, 11) is 0. The number of carboxylic acid groups (broad SMARTS) is 1. The van der Waals surface area contributed by atoms with E-state index in [0.29, 0.717) is 0 Å². The maximum atomic E-state index is 10.5. The van der Waals surface area contributed by atoms with E-state index >= 15 is 0 Å². The van der Waals surface area contributed by atoms with E-state index in [-0.39, 0.29) is 5.75 Å². The lowest BCUT2D eigenvalue weighted by Crippen LogP contribution is -2.03. The van der Waals surface area contributed by atoms with E-state index in [1.165, 1.54) is 37.4 Å². The van der Waals surface area contributed by atoms with Gasteiger partial charge in [-0.15, -0.1) is 0 Å². The smallest absolute Gasteiger partial charge is 0.313 e. The van der Waals surface area contributed by atoms with Crippen molar-refractivity contribution in [1.82, 2.24) is 9.55 Å². The van der Waals surface area contributed by atoms with Gasteiger partial charge in [0.1, 0.15) is 0 Å². The van der Waals surface area contributed by atoms with E-state index in [1.54, 1.807) is 6.20 Å². The van der Waals surface area contributed by atoms with Gasteiger partial charge in [0, 0.05) is 18.9 Å². The van der Waals surface area contributed by atoms with Crippen molar-refractivity contribution >= 4 is 17.7 Å². The number of hydrogen-bond acceptors (Lipinski definition) is 3. The number of rotatable bonds is 7. The van der Waals surface area contributed by atoms with Gasteiger partial charge < -0.3 is 9.67 Å². The molecule has 1 aliphatic carbocycles. The summed E-state index contributed by atoms with van der Waals surface area (Å²) < 4.78 is 2.05. The molecule has 1 aliphatic rings. The molecule has 0 unspecified atom stereocenters. The fourth-order valence-corrected chi connectivity index (χ4v) is 2.39. The average Bonchev–Trinajstić information content (AvgIpc) is 2.95. The number of carboxylic acids is 1. The Bertz CT molecular complexity index is 361. The fourth-order valence-electron chi connectivity index (χ4n) is 1.69. The van der Waals surface area contributed by atoms with E-state index in [2.05, 4.69) is 9.55 Å². The van der Waals surface area contributed by atoms with Crippen LogP contribution in [0.2, 0.25) is 0 Å². The van der Waals surface area contributed by atoms with Crippen LogP contribution >= 0.6 is 11.8 Å². The number of carbonyl (C=O) groups is 1. The van der Waals surface area contributed by atoms with Gasteiger partial charge in [-0.25, -0.2) is 4.98 Å². The molecule has 0 aromatic carbocycles. The van der Waals surface area contributed by atoms with Gasteiger partial charge in [-0.05, 0) is 18.8 Å². The van der Waals surface area contributed by atoms with Crippen LogP contribution in [-0.4, -0.2) is 26.4 Å². The van der Waals surface area contributed by atoms with Gasteiger partial charge in [0.25, 0.3) is 0 Å². The topological polar surface area (TPSA) is 55.1 Å². The van der Waals surface area contributed by atoms with Gasteiger partial charge in [-0.2, -0.15) is 0 Å². The second kappa shape index (κ2) is 5.39. The molecule has 0 bridgehead atoms. The Balaban J connectivity index is 1.77. The highest BCUT2D eigenvalue weighted by Crippen LogP contribution is 2.33. The molecule has 0 aliphatic heterocycles. The summed E-state index contributed by atoms with van der Waals surface area (Å²) in [4.78, 5) is 14.6. The van der Waals surface area contributed by atoms with Crippen LogP contribution in [0.25, 0.3) is 0 Å². The number of aryl methyl sites for hydroxylation is 1. The van der Waals surface area contributed by atoms with Crippen LogP contribution in [0.5, 0.6) is 0 Å². The first kappa shape index (κ1) is 11.5. The fraction of sp³-hybridized carbons (Fsp3) is 0.636. The molecule has 0 radical (unpaired) electrons. The quantitative estimate of drug-likeness (QED) is 0.743. The van der Waals surface area contributed by atoms with Crippen molar-refractivity contribution < 1.29 is 9.90 Å². The molecule has 16 heavy (non-hydrogen) atoms. The summed E-state index contributed by atoms with van der Waals surface area (Å²) in [6, 6.07) is 0. The molecular weight excluding hydrogens is 224 g/mol. The van der Waals surface area contributed by atoms with Crippen LogP contribution in [0, 0.1) is 5.92 Å². The molecule has 2 rings (SSSR count). The third-order valence-electron chi connectivity index (χ3n) is 2.71. The van der Waals surface area contributed by atoms with Crippen molar-refractivity contribution in [3.63, 3.8) is 0 Å². The lowest BCUT2D eigenvalue weighted by molar-refractivity contribution is -0.133. The maximum absolute atomic E-state index is 10.5. The molecule has 1 aromatic rings. The number of hydrogen-bond donors (Lipinski definition) is 1. The summed E-state index contributed by atoms with van der Waals surface area (Å²) >= 11 is 1.29. The van der Waals surface area contributed by atoms with E-state index in [1.807, 2.05) is 6.20 Å². The van der Waals surface area contributed by atoms with Crippen LogP contribution in [-0.2, 0) is 11.3 Å². The minimum absolute atomic E-state index is 0.0830. The van der Waals surface area contributed by atoms with Gasteiger partial charge in [0.2, 0.25) is 0 Å². The highest BCUT2D eigenvalue weighted by atomic mass is 32.2. The Morgan fingerprint density at radius 1 is 1.62 bits per heavy atom. The molecule has 1 fully saturated rings. The largest absolute Gasteiger partial charge is 0.481 e. The van der Waals surface area contributed by atoms with Crippen molar-refractivity contribution in [2.24, 2.45) is 5.92 Å². The summed E-state index contributed by atoms with van der Waals surface area (Å²) in [6.45, 7) is 0.957. The molecule has 4 nitrogen and oxygen atoms in total. The molecule has 88 valence electrons. The Morgan fingerprint density at radius 3 is 3.12 bits per heavy atom. The lowest BCUT2D eigenvalue weighted by atomic mass is 10.2. The van der Waals surface area contributed by atoms with Crippen LogP contribution < -0.4 is 0 Å². The van der Waals surface area contributed by atoms with Crippen molar-refractivity contribution in [2.75, 3.05) is 5.75 Å². The Kier molecular flexibility index (Phi) is 3.88. The van der Waals surface area contributed by atoms with Gasteiger partial charge in [-0.3, -0.25) is 4.79 Å². The van der Waals surface area contributed by atoms with E-state index in [0.717, 1.165) is 17.6 Å². The van der Waals surface area contributed by atoms with Crippen LogP contribution in [0.15, 0.2) is 17.6 Å². The number of thioether (sulfide) groups is 1. The second-order valence-electron chi connectivity index (χ2n) is 4.17. The Hall–Kier alpha value is -0.970. The summed E-state index contributed by atoms with van der Waals surface area (Å²) in [6.07, 6.45) is 8.91. The molecule has 1 saturated carbocycles. The normalized spacial score (nSPS) is 15.2. The molecule has 0 atom stereocenters. The molecule has 0 saturated heterocycles. The van der Waals surface area contributed by atoms with Crippen molar-refractivity contribution in [1.29, 1.82) is 0 Å². The Morgan fingerprint density at radius 2 is 2.44 bits per heavy atom. The minimum Gasteiger partial charge on any atom is -0.481 e. The highest BCUT2D eigenvalue weighted by Gasteiger charge is 2.20. The zero-order valence-corrected chi connectivity index (χ0v) is 9.95. The predicted octanol–water partition coefficient (Wildman–Crippen LogP) is 2.25. The number of aliphatic carboxylic acids is 1. The molecule has 0 spiro atoms. The highest BCUT2D eigenvalue weighted by molar-refractivity contribution is 7.99. The molecular formula is C11H16N2O2S. The van der Waals surface area contributed by atoms with E-state index in [9.17, 15) is 4.79 Å². The zero-order chi connectivity index (χ0) is 11.4. The SMILES string of the molecule is O=C(O)CSc1nccn1CCCC1CC1. The maximum Gasteiger partial charge on any atom is 0.313 e. The summed E-state index contributed by atoms with van der Waals surface area (Å²) in [5, 5.41) is 9.42. The predicted molar refractivity (Wildman–Crippen MR) is 62.5 cm³/mol. The number of aromatic nitrogens is 2. The lowest BCUT2D eigenvalue weighted by Gasteiger charge is -2.05. The minimum atomic E-state index is -0.794. The molecule has 1 heterocycles. The van der Waals surface area contributed by atoms with Crippen LogP contribution in [0.3, 0.4) is 0 Å². The summed E-state index contributed by atoms with van der Waals surface area (Å²) in [5.41, 5.74) is 0. The van der Waals surface area contributed by atoms with Gasteiger partial charge >= 0.3 is 5.97 Å².